The lowest BCUT2D eigenvalue weighted by atomic mass is 10.1. The van der Waals surface area contributed by atoms with E-state index in [1.165, 1.54) is 17.0 Å². The van der Waals surface area contributed by atoms with Gasteiger partial charge in [0.25, 0.3) is 5.91 Å². The van der Waals surface area contributed by atoms with Gasteiger partial charge in [0.05, 0.1) is 17.4 Å². The summed E-state index contributed by atoms with van der Waals surface area (Å²) in [6.07, 6.45) is 1.15. The Morgan fingerprint density at radius 3 is 2.19 bits per heavy atom. The number of esters is 1. The lowest BCUT2D eigenvalue weighted by Crippen LogP contribution is -2.33. The molecule has 0 saturated heterocycles. The Morgan fingerprint density at radius 2 is 1.63 bits per heavy atom. The monoisotopic (exact) mass is 389 g/mol. The van der Waals surface area contributed by atoms with Crippen molar-refractivity contribution in [2.75, 3.05) is 19.9 Å². The number of benzene rings is 2. The molecule has 0 aliphatic rings. The molecule has 0 aliphatic carbocycles. The van der Waals surface area contributed by atoms with Crippen LogP contribution in [-0.2, 0) is 25.1 Å². The van der Waals surface area contributed by atoms with Gasteiger partial charge < -0.3 is 9.64 Å². The standard InChI is InChI=1S/C20H23NO5S/c1-15(17-7-5-4-6-8-17)21(2)19(22)13-26-20(23)18-11-9-16(10-12-18)14-27(3,24)25/h4-12,15H,13-14H2,1-3H3/t15-/m0/s1. The molecule has 0 N–H and O–H groups in total. The molecular weight excluding hydrogens is 366 g/mol. The van der Waals surface area contributed by atoms with Gasteiger partial charge in [0.2, 0.25) is 0 Å². The van der Waals surface area contributed by atoms with Gasteiger partial charge in [-0.05, 0) is 30.2 Å². The zero-order valence-electron chi connectivity index (χ0n) is 15.6. The van der Waals surface area contributed by atoms with E-state index in [4.69, 9.17) is 4.74 Å². The number of carbonyl (C=O) groups excluding carboxylic acids is 2. The molecule has 0 unspecified atom stereocenters. The van der Waals surface area contributed by atoms with E-state index < -0.39 is 15.8 Å². The number of carbonyl (C=O) groups is 2. The van der Waals surface area contributed by atoms with E-state index in [2.05, 4.69) is 0 Å². The molecule has 2 rings (SSSR count). The first-order valence-electron chi connectivity index (χ1n) is 8.42. The molecule has 0 aliphatic heterocycles. The molecule has 27 heavy (non-hydrogen) atoms. The van der Waals surface area contributed by atoms with Crippen molar-refractivity contribution in [1.29, 1.82) is 0 Å². The Bertz CT molecular complexity index is 892. The van der Waals surface area contributed by atoms with Crippen molar-refractivity contribution in [3.63, 3.8) is 0 Å². The summed E-state index contributed by atoms with van der Waals surface area (Å²) in [4.78, 5) is 25.9. The number of ether oxygens (including phenoxy) is 1. The number of nitrogens with zero attached hydrogens (tertiary/aromatic N) is 1. The number of likely N-dealkylation sites (N-methyl/N-ethyl adjacent to an activating group) is 1. The third-order valence-corrected chi connectivity index (χ3v) is 5.06. The van der Waals surface area contributed by atoms with Gasteiger partial charge in [-0.3, -0.25) is 4.79 Å². The van der Waals surface area contributed by atoms with Gasteiger partial charge in [0.15, 0.2) is 16.4 Å². The third kappa shape index (κ3) is 6.21. The van der Waals surface area contributed by atoms with Crippen LogP contribution < -0.4 is 0 Å². The minimum Gasteiger partial charge on any atom is -0.452 e. The first-order valence-corrected chi connectivity index (χ1v) is 10.5. The second-order valence-electron chi connectivity index (χ2n) is 6.43. The highest BCUT2D eigenvalue weighted by atomic mass is 32.2. The molecule has 0 heterocycles. The van der Waals surface area contributed by atoms with Crippen molar-refractivity contribution in [2.45, 2.75) is 18.7 Å². The van der Waals surface area contributed by atoms with Crippen molar-refractivity contribution in [2.24, 2.45) is 0 Å². The number of hydrogen-bond donors (Lipinski definition) is 0. The van der Waals surface area contributed by atoms with E-state index in [-0.39, 0.29) is 29.9 Å². The maximum atomic E-state index is 12.3. The van der Waals surface area contributed by atoms with Crippen LogP contribution in [0.5, 0.6) is 0 Å². The van der Waals surface area contributed by atoms with Crippen LogP contribution in [0.15, 0.2) is 54.6 Å². The first-order chi connectivity index (χ1) is 12.7. The molecule has 0 bridgehead atoms. The van der Waals surface area contributed by atoms with Crippen LogP contribution in [0.3, 0.4) is 0 Å². The van der Waals surface area contributed by atoms with E-state index in [0.717, 1.165) is 11.8 Å². The van der Waals surface area contributed by atoms with Crippen LogP contribution in [0.4, 0.5) is 0 Å². The number of amides is 1. The van der Waals surface area contributed by atoms with Crippen LogP contribution >= 0.6 is 0 Å². The lowest BCUT2D eigenvalue weighted by Gasteiger charge is -2.25. The molecule has 1 atom stereocenters. The SMILES string of the molecule is C[C@@H](c1ccccc1)N(C)C(=O)COC(=O)c1ccc(CS(C)(=O)=O)cc1. The summed E-state index contributed by atoms with van der Waals surface area (Å²) in [5, 5.41) is 0. The second kappa shape index (κ2) is 8.81. The van der Waals surface area contributed by atoms with E-state index in [0.29, 0.717) is 5.56 Å². The predicted octanol–water partition coefficient (Wildman–Crippen LogP) is 2.61. The Morgan fingerprint density at radius 1 is 1.04 bits per heavy atom. The van der Waals surface area contributed by atoms with Gasteiger partial charge in [0.1, 0.15) is 0 Å². The average molecular weight is 389 g/mol. The van der Waals surface area contributed by atoms with E-state index in [1.807, 2.05) is 37.3 Å². The fraction of sp³-hybridized carbons (Fsp3) is 0.300. The molecule has 0 spiro atoms. The quantitative estimate of drug-likeness (QED) is 0.680. The highest BCUT2D eigenvalue weighted by Crippen LogP contribution is 2.18. The molecule has 144 valence electrons. The molecule has 6 nitrogen and oxygen atoms in total. The van der Waals surface area contributed by atoms with Gasteiger partial charge >= 0.3 is 5.97 Å². The van der Waals surface area contributed by atoms with E-state index >= 15 is 0 Å². The minimum absolute atomic E-state index is 0.0943. The van der Waals surface area contributed by atoms with E-state index in [1.54, 1.807) is 19.2 Å². The maximum Gasteiger partial charge on any atom is 0.338 e. The fourth-order valence-corrected chi connectivity index (χ4v) is 3.32. The summed E-state index contributed by atoms with van der Waals surface area (Å²) in [7, 11) is -1.48. The molecule has 0 saturated carbocycles. The number of rotatable bonds is 7. The molecule has 2 aromatic rings. The lowest BCUT2D eigenvalue weighted by molar-refractivity contribution is -0.135. The Hall–Kier alpha value is -2.67. The zero-order chi connectivity index (χ0) is 20.0. The first kappa shape index (κ1) is 20.6. The van der Waals surface area contributed by atoms with Gasteiger partial charge in [-0.25, -0.2) is 13.2 Å². The van der Waals surface area contributed by atoms with Crippen molar-refractivity contribution in [1.82, 2.24) is 4.90 Å². The summed E-state index contributed by atoms with van der Waals surface area (Å²) in [5.41, 5.74) is 1.83. The van der Waals surface area contributed by atoms with Gasteiger partial charge in [0, 0.05) is 13.3 Å². The molecule has 0 fully saturated rings. The number of sulfone groups is 1. The van der Waals surface area contributed by atoms with Crippen LogP contribution in [0, 0.1) is 0 Å². The molecule has 0 radical (unpaired) electrons. The van der Waals surface area contributed by atoms with Crippen molar-refractivity contribution < 1.29 is 22.7 Å². The summed E-state index contributed by atoms with van der Waals surface area (Å²) >= 11 is 0. The van der Waals surface area contributed by atoms with Crippen molar-refractivity contribution in [3.05, 3.63) is 71.3 Å². The van der Waals surface area contributed by atoms with Crippen molar-refractivity contribution in [3.8, 4) is 0 Å². The van der Waals surface area contributed by atoms with Gasteiger partial charge in [-0.15, -0.1) is 0 Å². The summed E-state index contributed by atoms with van der Waals surface area (Å²) in [6.45, 7) is 1.53. The van der Waals surface area contributed by atoms with Gasteiger partial charge in [-0.2, -0.15) is 0 Å². The average Bonchev–Trinajstić information content (AvgIpc) is 2.64. The minimum atomic E-state index is -3.14. The second-order valence-corrected chi connectivity index (χ2v) is 8.57. The topological polar surface area (TPSA) is 80.8 Å². The van der Waals surface area contributed by atoms with Crippen LogP contribution in [0.2, 0.25) is 0 Å². The number of hydrogen-bond acceptors (Lipinski definition) is 5. The highest BCUT2D eigenvalue weighted by Gasteiger charge is 2.19. The molecule has 0 aromatic heterocycles. The Balaban J connectivity index is 1.91. The van der Waals surface area contributed by atoms with Gasteiger partial charge in [-0.1, -0.05) is 42.5 Å². The van der Waals surface area contributed by atoms with Crippen LogP contribution in [-0.4, -0.2) is 45.1 Å². The molecular formula is C20H23NO5S. The Labute approximate surface area is 159 Å². The molecule has 2 aromatic carbocycles. The van der Waals surface area contributed by atoms with E-state index in [9.17, 15) is 18.0 Å². The Kier molecular flexibility index (Phi) is 6.74. The zero-order valence-corrected chi connectivity index (χ0v) is 16.4. The maximum absolute atomic E-state index is 12.3. The largest absolute Gasteiger partial charge is 0.452 e. The molecule has 7 heteroatoms. The predicted molar refractivity (Wildman–Crippen MR) is 103 cm³/mol. The highest BCUT2D eigenvalue weighted by molar-refractivity contribution is 7.89. The molecule has 1 amide bonds. The third-order valence-electron chi connectivity index (χ3n) is 4.20. The van der Waals surface area contributed by atoms with Crippen molar-refractivity contribution >= 4 is 21.7 Å². The smallest absolute Gasteiger partial charge is 0.338 e. The normalized spacial score (nSPS) is 12.3. The summed E-state index contributed by atoms with van der Waals surface area (Å²) in [5.74, 6) is -1.04. The summed E-state index contributed by atoms with van der Waals surface area (Å²) < 4.78 is 27.7. The summed E-state index contributed by atoms with van der Waals surface area (Å²) in [6, 6.07) is 15.5. The van der Waals surface area contributed by atoms with Crippen LogP contribution in [0.1, 0.15) is 34.5 Å². The van der Waals surface area contributed by atoms with Crippen LogP contribution in [0.25, 0.3) is 0 Å². The fourth-order valence-electron chi connectivity index (χ4n) is 2.52.